The normalized spacial score (nSPS) is 17.0. The Morgan fingerprint density at radius 2 is 1.67 bits per heavy atom. The molecule has 3 aromatic rings. The number of ether oxygens (including phenoxy) is 1. The van der Waals surface area contributed by atoms with Crippen molar-refractivity contribution in [2.75, 3.05) is 31.6 Å². The van der Waals surface area contributed by atoms with Crippen LogP contribution in [0.2, 0.25) is 5.02 Å². The predicted molar refractivity (Wildman–Crippen MR) is 121 cm³/mol. The second kappa shape index (κ2) is 9.33. The first-order chi connectivity index (χ1) is 14.6. The molecule has 0 amide bonds. The van der Waals surface area contributed by atoms with E-state index < -0.39 is 0 Å². The zero-order valence-electron chi connectivity index (χ0n) is 17.0. The number of anilines is 1. The summed E-state index contributed by atoms with van der Waals surface area (Å²) in [4.78, 5) is 16.7. The summed E-state index contributed by atoms with van der Waals surface area (Å²) in [5.41, 5.74) is 4.21. The minimum absolute atomic E-state index is 0.198. The van der Waals surface area contributed by atoms with Crippen LogP contribution in [0.5, 0.6) is 0 Å². The fourth-order valence-corrected chi connectivity index (χ4v) is 4.14. The van der Waals surface area contributed by atoms with Gasteiger partial charge in [0.1, 0.15) is 0 Å². The van der Waals surface area contributed by atoms with Gasteiger partial charge in [-0.2, -0.15) is 0 Å². The first-order valence-corrected chi connectivity index (χ1v) is 10.5. The average molecular weight is 421 g/mol. The summed E-state index contributed by atoms with van der Waals surface area (Å²) >= 11 is 6.13. The van der Waals surface area contributed by atoms with E-state index in [1.54, 1.807) is 0 Å². The lowest BCUT2D eigenvalue weighted by molar-refractivity contribution is 0.0601. The molecule has 30 heavy (non-hydrogen) atoms. The van der Waals surface area contributed by atoms with Crippen LogP contribution in [0.3, 0.4) is 0 Å². The van der Waals surface area contributed by atoms with Crippen molar-refractivity contribution in [3.8, 4) is 0 Å². The molecule has 0 aliphatic carbocycles. The first-order valence-electron chi connectivity index (χ1n) is 10.1. The van der Waals surface area contributed by atoms with Crippen molar-refractivity contribution in [2.24, 2.45) is 0 Å². The van der Waals surface area contributed by atoms with Crippen LogP contribution in [0.15, 0.2) is 78.9 Å². The topological polar surface area (TPSA) is 32.8 Å². The van der Waals surface area contributed by atoms with Crippen molar-refractivity contribution in [3.05, 3.63) is 101 Å². The molecule has 0 spiro atoms. The van der Waals surface area contributed by atoms with Gasteiger partial charge in [-0.25, -0.2) is 4.79 Å². The molecular weight excluding hydrogens is 396 g/mol. The van der Waals surface area contributed by atoms with E-state index >= 15 is 0 Å². The SMILES string of the molecule is COC(=O)c1ccc(N2CCN(Cc3ccccc3)C[C@H]2c2ccc(Cl)cc2)cc1. The quantitative estimate of drug-likeness (QED) is 0.532. The Morgan fingerprint density at radius 3 is 2.33 bits per heavy atom. The van der Waals surface area contributed by atoms with Crippen molar-refractivity contribution in [1.29, 1.82) is 0 Å². The van der Waals surface area contributed by atoms with Gasteiger partial charge in [-0.05, 0) is 47.5 Å². The Morgan fingerprint density at radius 1 is 0.967 bits per heavy atom. The highest BCUT2D eigenvalue weighted by atomic mass is 35.5. The number of halogens is 1. The summed E-state index contributed by atoms with van der Waals surface area (Å²) in [7, 11) is 1.40. The molecule has 1 aliphatic heterocycles. The van der Waals surface area contributed by atoms with Crippen molar-refractivity contribution in [1.82, 2.24) is 4.90 Å². The van der Waals surface area contributed by atoms with Crippen molar-refractivity contribution in [2.45, 2.75) is 12.6 Å². The van der Waals surface area contributed by atoms with Crippen LogP contribution in [0.25, 0.3) is 0 Å². The Bertz CT molecular complexity index is 974. The molecule has 1 saturated heterocycles. The molecule has 0 N–H and O–H groups in total. The Kier molecular flexibility index (Phi) is 6.36. The van der Waals surface area contributed by atoms with E-state index in [-0.39, 0.29) is 12.0 Å². The summed E-state index contributed by atoms with van der Waals surface area (Å²) in [6.45, 7) is 3.71. The van der Waals surface area contributed by atoms with Crippen LogP contribution in [0.1, 0.15) is 27.5 Å². The van der Waals surface area contributed by atoms with E-state index in [9.17, 15) is 4.79 Å². The molecule has 3 aromatic carbocycles. The van der Waals surface area contributed by atoms with Gasteiger partial charge in [0.2, 0.25) is 0 Å². The number of piperazine rings is 1. The fraction of sp³-hybridized carbons (Fsp3) is 0.240. The zero-order chi connectivity index (χ0) is 20.9. The number of carbonyl (C=O) groups is 1. The van der Waals surface area contributed by atoms with Crippen LogP contribution in [0, 0.1) is 0 Å². The number of carbonyl (C=O) groups excluding carboxylic acids is 1. The molecule has 0 aromatic heterocycles. The summed E-state index contributed by atoms with van der Waals surface area (Å²) in [5.74, 6) is -0.316. The average Bonchev–Trinajstić information content (AvgIpc) is 2.80. The monoisotopic (exact) mass is 420 g/mol. The zero-order valence-corrected chi connectivity index (χ0v) is 17.8. The maximum absolute atomic E-state index is 11.8. The molecule has 1 aliphatic rings. The molecule has 5 heteroatoms. The van der Waals surface area contributed by atoms with Gasteiger partial charge in [-0.1, -0.05) is 54.1 Å². The van der Waals surface area contributed by atoms with Gasteiger partial charge >= 0.3 is 5.97 Å². The molecule has 0 bridgehead atoms. The van der Waals surface area contributed by atoms with Crippen molar-refractivity contribution in [3.63, 3.8) is 0 Å². The molecule has 0 saturated carbocycles. The molecule has 4 rings (SSSR count). The van der Waals surface area contributed by atoms with E-state index in [1.165, 1.54) is 18.2 Å². The van der Waals surface area contributed by atoms with E-state index in [1.807, 2.05) is 36.4 Å². The lowest BCUT2D eigenvalue weighted by Gasteiger charge is -2.43. The third-order valence-corrected chi connectivity index (χ3v) is 5.84. The molecular formula is C25H25ClN2O2. The number of methoxy groups -OCH3 is 1. The number of esters is 1. The number of hydrogen-bond donors (Lipinski definition) is 0. The first kappa shape index (κ1) is 20.5. The van der Waals surface area contributed by atoms with Crippen molar-refractivity contribution >= 4 is 23.3 Å². The molecule has 1 atom stereocenters. The second-order valence-electron chi connectivity index (χ2n) is 7.52. The summed E-state index contributed by atoms with van der Waals surface area (Å²) in [5, 5.41) is 0.740. The molecule has 4 nitrogen and oxygen atoms in total. The van der Waals surface area contributed by atoms with Gasteiger partial charge in [0.15, 0.2) is 0 Å². The Labute approximate surface area is 182 Å². The fourth-order valence-electron chi connectivity index (χ4n) is 4.01. The number of benzene rings is 3. The number of rotatable bonds is 5. The van der Waals surface area contributed by atoms with Gasteiger partial charge in [0, 0.05) is 36.9 Å². The molecule has 1 heterocycles. The van der Waals surface area contributed by atoms with Crippen LogP contribution >= 0.6 is 11.6 Å². The highest BCUT2D eigenvalue weighted by Gasteiger charge is 2.28. The summed E-state index contributed by atoms with van der Waals surface area (Å²) in [6.07, 6.45) is 0. The van der Waals surface area contributed by atoms with Crippen LogP contribution in [0.4, 0.5) is 5.69 Å². The second-order valence-corrected chi connectivity index (χ2v) is 7.96. The van der Waals surface area contributed by atoms with Gasteiger partial charge in [-0.3, -0.25) is 4.90 Å². The third-order valence-electron chi connectivity index (χ3n) is 5.59. The molecule has 1 fully saturated rings. The van der Waals surface area contributed by atoms with Crippen LogP contribution < -0.4 is 4.90 Å². The molecule has 0 unspecified atom stereocenters. The standard InChI is InChI=1S/C25H25ClN2O2/c1-30-25(29)21-9-13-23(14-10-21)28-16-15-27(17-19-5-3-2-4-6-19)18-24(28)20-7-11-22(26)12-8-20/h2-14,24H,15-18H2,1H3/t24-/m0/s1. The maximum atomic E-state index is 11.8. The number of nitrogens with zero attached hydrogens (tertiary/aromatic N) is 2. The summed E-state index contributed by atoms with van der Waals surface area (Å²) in [6, 6.07) is 26.6. The lowest BCUT2D eigenvalue weighted by Crippen LogP contribution is -2.48. The van der Waals surface area contributed by atoms with Gasteiger partial charge < -0.3 is 9.64 Å². The lowest BCUT2D eigenvalue weighted by atomic mass is 10.0. The number of hydrogen-bond acceptors (Lipinski definition) is 4. The Hall–Kier alpha value is -2.82. The highest BCUT2D eigenvalue weighted by Crippen LogP contribution is 2.32. The van der Waals surface area contributed by atoms with Crippen molar-refractivity contribution < 1.29 is 9.53 Å². The van der Waals surface area contributed by atoms with Gasteiger partial charge in [0.05, 0.1) is 18.7 Å². The molecule has 0 radical (unpaired) electrons. The maximum Gasteiger partial charge on any atom is 0.337 e. The van der Waals surface area contributed by atoms with E-state index in [0.29, 0.717) is 5.56 Å². The molecule has 154 valence electrons. The predicted octanol–water partition coefficient (Wildman–Crippen LogP) is 5.19. The van der Waals surface area contributed by atoms with E-state index in [2.05, 4.69) is 52.3 Å². The van der Waals surface area contributed by atoms with Crippen LogP contribution in [-0.2, 0) is 11.3 Å². The highest BCUT2D eigenvalue weighted by molar-refractivity contribution is 6.30. The van der Waals surface area contributed by atoms with Gasteiger partial charge in [-0.15, -0.1) is 0 Å². The Balaban J connectivity index is 1.59. The van der Waals surface area contributed by atoms with E-state index in [0.717, 1.165) is 36.9 Å². The van der Waals surface area contributed by atoms with E-state index in [4.69, 9.17) is 16.3 Å². The summed E-state index contributed by atoms with van der Waals surface area (Å²) < 4.78 is 4.82. The minimum Gasteiger partial charge on any atom is -0.465 e. The largest absolute Gasteiger partial charge is 0.465 e. The van der Waals surface area contributed by atoms with Crippen LogP contribution in [-0.4, -0.2) is 37.6 Å². The third kappa shape index (κ3) is 4.66. The smallest absolute Gasteiger partial charge is 0.337 e. The van der Waals surface area contributed by atoms with Gasteiger partial charge in [0.25, 0.3) is 0 Å². The minimum atomic E-state index is -0.316.